The van der Waals surface area contributed by atoms with Gasteiger partial charge >= 0.3 is 0 Å². The summed E-state index contributed by atoms with van der Waals surface area (Å²) < 4.78 is 12.2. The number of ether oxygens (including phenoxy) is 2. The van der Waals surface area contributed by atoms with Gasteiger partial charge in [0, 0.05) is 29.6 Å². The normalized spacial score (nSPS) is 10.8. The molecule has 0 spiro atoms. The van der Waals surface area contributed by atoms with Gasteiger partial charge in [0.1, 0.15) is 11.5 Å². The summed E-state index contributed by atoms with van der Waals surface area (Å²) in [6.07, 6.45) is 1.34. The number of thioether (sulfide) groups is 1. The number of imidazole rings is 1. The molecule has 4 rings (SSSR count). The number of H-pyrrole nitrogens is 1. The molecular formula is C21H19N5O4S. The lowest BCUT2D eigenvalue weighted by atomic mass is 10.2. The number of aromatic amines is 1. The van der Waals surface area contributed by atoms with E-state index in [1.165, 1.54) is 18.1 Å². The molecule has 9 nitrogen and oxygen atoms in total. The van der Waals surface area contributed by atoms with Crippen molar-refractivity contribution in [3.05, 3.63) is 65.2 Å². The van der Waals surface area contributed by atoms with E-state index in [4.69, 9.17) is 9.47 Å². The van der Waals surface area contributed by atoms with Crippen molar-refractivity contribution in [3.8, 4) is 17.2 Å². The molecule has 0 aliphatic heterocycles. The van der Waals surface area contributed by atoms with Crippen molar-refractivity contribution >= 4 is 34.5 Å². The summed E-state index contributed by atoms with van der Waals surface area (Å²) in [5.74, 6) is 0.971. The topological polar surface area (TPSA) is 111 Å². The van der Waals surface area contributed by atoms with E-state index in [1.54, 1.807) is 37.0 Å². The lowest BCUT2D eigenvalue weighted by Crippen LogP contribution is -2.14. The monoisotopic (exact) mass is 437 g/mol. The zero-order chi connectivity index (χ0) is 21.8. The molecular weight excluding hydrogens is 418 g/mol. The van der Waals surface area contributed by atoms with E-state index in [0.29, 0.717) is 28.0 Å². The van der Waals surface area contributed by atoms with Gasteiger partial charge in [0.15, 0.2) is 16.3 Å². The number of anilines is 1. The summed E-state index contributed by atoms with van der Waals surface area (Å²) in [5, 5.41) is 3.32. The van der Waals surface area contributed by atoms with Gasteiger partial charge in [0.2, 0.25) is 5.91 Å². The van der Waals surface area contributed by atoms with Crippen molar-refractivity contribution in [3.63, 3.8) is 0 Å². The van der Waals surface area contributed by atoms with Gasteiger partial charge in [-0.3, -0.25) is 14.2 Å². The molecule has 0 aliphatic rings. The van der Waals surface area contributed by atoms with E-state index >= 15 is 0 Å². The Morgan fingerprint density at radius 3 is 2.52 bits per heavy atom. The number of methoxy groups -OCH3 is 2. The van der Waals surface area contributed by atoms with Crippen LogP contribution < -0.4 is 20.3 Å². The Labute approximate surface area is 181 Å². The average molecular weight is 437 g/mol. The molecule has 0 fully saturated rings. The van der Waals surface area contributed by atoms with Crippen LogP contribution in [0.2, 0.25) is 0 Å². The molecule has 0 saturated carbocycles. The number of nitrogens with zero attached hydrogens (tertiary/aromatic N) is 3. The maximum Gasteiger partial charge on any atom is 0.278 e. The summed E-state index contributed by atoms with van der Waals surface area (Å²) >= 11 is 1.21. The first-order chi connectivity index (χ1) is 15.1. The highest BCUT2D eigenvalue weighted by molar-refractivity contribution is 7.99. The fraction of sp³-hybridized carbons (Fsp3) is 0.143. The van der Waals surface area contributed by atoms with Crippen molar-refractivity contribution in [1.29, 1.82) is 0 Å². The van der Waals surface area contributed by atoms with Gasteiger partial charge < -0.3 is 19.8 Å². The molecule has 158 valence electrons. The summed E-state index contributed by atoms with van der Waals surface area (Å²) in [6, 6.07) is 14.6. The third-order valence-corrected chi connectivity index (χ3v) is 5.34. The van der Waals surface area contributed by atoms with Crippen LogP contribution in [0.15, 0.2) is 64.8 Å². The molecule has 2 aromatic heterocycles. The maximum absolute atomic E-state index is 12.6. The number of hydrogen-bond donors (Lipinski definition) is 2. The first-order valence-electron chi connectivity index (χ1n) is 9.26. The van der Waals surface area contributed by atoms with E-state index in [1.807, 2.05) is 30.3 Å². The summed E-state index contributed by atoms with van der Waals surface area (Å²) in [6.45, 7) is 0. The number of nitrogens with one attached hydrogen (secondary N) is 2. The first kappa shape index (κ1) is 20.5. The number of amides is 1. The van der Waals surface area contributed by atoms with Gasteiger partial charge in [-0.15, -0.1) is 0 Å². The van der Waals surface area contributed by atoms with Crippen LogP contribution in [0.4, 0.5) is 5.69 Å². The van der Waals surface area contributed by atoms with Crippen molar-refractivity contribution in [2.45, 2.75) is 5.16 Å². The number of carbonyl (C=O) groups is 1. The number of benzene rings is 2. The highest BCUT2D eigenvalue weighted by Crippen LogP contribution is 2.28. The quantitative estimate of drug-likeness (QED) is 0.428. The van der Waals surface area contributed by atoms with Crippen LogP contribution in [0.25, 0.3) is 16.9 Å². The van der Waals surface area contributed by atoms with Crippen LogP contribution in [0, 0.1) is 0 Å². The summed E-state index contributed by atoms with van der Waals surface area (Å²) in [7, 11) is 3.08. The third-order valence-electron chi connectivity index (χ3n) is 4.40. The molecule has 2 heterocycles. The largest absolute Gasteiger partial charge is 0.497 e. The highest BCUT2D eigenvalue weighted by atomic mass is 32.2. The van der Waals surface area contributed by atoms with Gasteiger partial charge in [-0.2, -0.15) is 0 Å². The van der Waals surface area contributed by atoms with Gasteiger partial charge in [0.25, 0.3) is 5.56 Å². The van der Waals surface area contributed by atoms with Crippen LogP contribution in [0.3, 0.4) is 0 Å². The second-order valence-electron chi connectivity index (χ2n) is 6.41. The SMILES string of the molecule is COc1cc(NC(=O)CSc2nc3c(=O)[nH]cnc3n2-c2ccccc2)cc(OC)c1. The van der Waals surface area contributed by atoms with E-state index in [9.17, 15) is 9.59 Å². The average Bonchev–Trinajstić information content (AvgIpc) is 3.17. The van der Waals surface area contributed by atoms with Crippen LogP contribution in [0.1, 0.15) is 0 Å². The molecule has 4 aromatic rings. The molecule has 0 radical (unpaired) electrons. The lowest BCUT2D eigenvalue weighted by molar-refractivity contribution is -0.113. The van der Waals surface area contributed by atoms with E-state index in [2.05, 4.69) is 20.3 Å². The molecule has 10 heteroatoms. The van der Waals surface area contributed by atoms with Gasteiger partial charge in [-0.1, -0.05) is 30.0 Å². The van der Waals surface area contributed by atoms with Crippen LogP contribution in [-0.2, 0) is 4.79 Å². The number of carbonyl (C=O) groups excluding carboxylic acids is 1. The minimum Gasteiger partial charge on any atom is -0.497 e. The fourth-order valence-corrected chi connectivity index (χ4v) is 3.81. The highest BCUT2D eigenvalue weighted by Gasteiger charge is 2.17. The van der Waals surface area contributed by atoms with Crippen molar-refractivity contribution in [1.82, 2.24) is 19.5 Å². The molecule has 31 heavy (non-hydrogen) atoms. The Bertz CT molecular complexity index is 1260. The van der Waals surface area contributed by atoms with Gasteiger partial charge in [-0.25, -0.2) is 9.97 Å². The molecule has 1 amide bonds. The Morgan fingerprint density at radius 1 is 1.13 bits per heavy atom. The molecule has 0 aliphatic carbocycles. The second kappa shape index (κ2) is 8.92. The molecule has 0 atom stereocenters. The summed E-state index contributed by atoms with van der Waals surface area (Å²) in [5.41, 5.74) is 1.65. The molecule has 2 aromatic carbocycles. The van der Waals surface area contributed by atoms with Crippen LogP contribution in [0.5, 0.6) is 11.5 Å². The smallest absolute Gasteiger partial charge is 0.278 e. The molecule has 0 unspecified atom stereocenters. The van der Waals surface area contributed by atoms with Crippen molar-refractivity contribution in [2.24, 2.45) is 0 Å². The van der Waals surface area contributed by atoms with Gasteiger partial charge in [-0.05, 0) is 12.1 Å². The Kier molecular flexibility index (Phi) is 5.89. The number of para-hydroxylation sites is 1. The lowest BCUT2D eigenvalue weighted by Gasteiger charge is -2.10. The zero-order valence-electron chi connectivity index (χ0n) is 16.8. The Morgan fingerprint density at radius 2 is 1.84 bits per heavy atom. The van der Waals surface area contributed by atoms with Gasteiger partial charge in [0.05, 0.1) is 26.3 Å². The van der Waals surface area contributed by atoms with E-state index in [0.717, 1.165) is 5.69 Å². The number of fused-ring (bicyclic) bond motifs is 1. The Hall–Kier alpha value is -3.79. The summed E-state index contributed by atoms with van der Waals surface area (Å²) in [4.78, 5) is 36.0. The fourth-order valence-electron chi connectivity index (χ4n) is 3.00. The number of hydrogen-bond acceptors (Lipinski definition) is 7. The van der Waals surface area contributed by atoms with Crippen LogP contribution in [-0.4, -0.2) is 45.4 Å². The minimum absolute atomic E-state index is 0.0770. The van der Waals surface area contributed by atoms with E-state index in [-0.39, 0.29) is 22.7 Å². The van der Waals surface area contributed by atoms with Crippen molar-refractivity contribution < 1.29 is 14.3 Å². The van der Waals surface area contributed by atoms with E-state index < -0.39 is 0 Å². The third kappa shape index (κ3) is 4.38. The standard InChI is InChI=1S/C21H19N5O4S/c1-29-15-8-13(9-16(10-15)30-2)24-17(27)11-31-21-25-18-19(22-12-23-20(18)28)26(21)14-6-4-3-5-7-14/h3-10,12H,11H2,1-2H3,(H,24,27)(H,22,23,28). The number of aromatic nitrogens is 4. The van der Waals surface area contributed by atoms with Crippen molar-refractivity contribution in [2.75, 3.05) is 25.3 Å². The predicted molar refractivity (Wildman–Crippen MR) is 118 cm³/mol. The minimum atomic E-state index is -0.338. The van der Waals surface area contributed by atoms with Crippen LogP contribution >= 0.6 is 11.8 Å². The number of rotatable bonds is 7. The predicted octanol–water partition coefficient (Wildman–Crippen LogP) is 2.86. The molecule has 2 N–H and O–H groups in total. The zero-order valence-corrected chi connectivity index (χ0v) is 17.6. The second-order valence-corrected chi connectivity index (χ2v) is 7.35. The Balaban J connectivity index is 1.59. The molecule has 0 saturated heterocycles. The maximum atomic E-state index is 12.6. The first-order valence-corrected chi connectivity index (χ1v) is 10.2. The molecule has 0 bridgehead atoms.